The van der Waals surface area contributed by atoms with Crippen LogP contribution < -0.4 is 0 Å². The van der Waals surface area contributed by atoms with Gasteiger partial charge < -0.3 is 14.9 Å². The third-order valence-electron chi connectivity index (χ3n) is 3.74. The molecule has 2 atom stereocenters. The van der Waals surface area contributed by atoms with Crippen LogP contribution in [-0.4, -0.2) is 40.7 Å². The first kappa shape index (κ1) is 17.2. The Morgan fingerprint density at radius 3 is 2.00 bits per heavy atom. The molecule has 0 aliphatic heterocycles. The minimum atomic E-state index is -0.924. The smallest absolute Gasteiger partial charge is 0.306 e. The molecule has 20 heavy (non-hydrogen) atoms. The van der Waals surface area contributed by atoms with Crippen LogP contribution in [0.4, 0.5) is 0 Å². The van der Waals surface area contributed by atoms with E-state index < -0.39 is 23.8 Å². The minimum absolute atomic E-state index is 0.209. The van der Waals surface area contributed by atoms with Crippen molar-refractivity contribution in [3.8, 4) is 0 Å². The van der Waals surface area contributed by atoms with Gasteiger partial charge in [0.1, 0.15) is 0 Å². The summed E-state index contributed by atoms with van der Waals surface area (Å²) in [5.41, 5.74) is 0. The van der Waals surface area contributed by atoms with E-state index in [1.165, 1.54) is 0 Å². The summed E-state index contributed by atoms with van der Waals surface area (Å²) in [7, 11) is 0. The highest BCUT2D eigenvalue weighted by atomic mass is 35.5. The lowest BCUT2D eigenvalue weighted by Gasteiger charge is -2.30. The predicted molar refractivity (Wildman–Crippen MR) is 75.0 cm³/mol. The largest absolute Gasteiger partial charge is 0.481 e. The highest BCUT2D eigenvalue weighted by Crippen LogP contribution is 2.31. The monoisotopic (exact) mass is 306 g/mol. The lowest BCUT2D eigenvalue weighted by atomic mass is 9.80. The van der Waals surface area contributed by atoms with E-state index in [1.807, 2.05) is 0 Å². The molecular formula is C14H23ClO5. The number of rotatable bonds is 9. The van der Waals surface area contributed by atoms with E-state index in [1.54, 1.807) is 0 Å². The fourth-order valence-electron chi connectivity index (χ4n) is 2.61. The molecule has 0 amide bonds. The third kappa shape index (κ3) is 6.09. The Morgan fingerprint density at radius 1 is 0.950 bits per heavy atom. The molecule has 0 aromatic rings. The Hall–Kier alpha value is -0.810. The zero-order valence-corrected chi connectivity index (χ0v) is 12.3. The van der Waals surface area contributed by atoms with Crippen LogP contribution in [0.2, 0.25) is 0 Å². The maximum atomic E-state index is 11.1. The first-order chi connectivity index (χ1) is 9.54. The maximum Gasteiger partial charge on any atom is 0.306 e. The van der Waals surface area contributed by atoms with Crippen molar-refractivity contribution in [3.63, 3.8) is 0 Å². The van der Waals surface area contributed by atoms with Gasteiger partial charge in [-0.2, -0.15) is 0 Å². The van der Waals surface area contributed by atoms with E-state index in [4.69, 9.17) is 26.6 Å². The third-order valence-corrected chi connectivity index (χ3v) is 4.01. The van der Waals surface area contributed by atoms with Crippen LogP contribution in [0, 0.1) is 11.8 Å². The molecule has 6 heteroatoms. The predicted octanol–water partition coefficient (Wildman–Crippen LogP) is 2.76. The molecule has 2 N–H and O–H groups in total. The van der Waals surface area contributed by atoms with Crippen LogP contribution in [0.25, 0.3) is 0 Å². The number of unbranched alkanes of at least 4 members (excludes halogenated alkanes) is 3. The van der Waals surface area contributed by atoms with Gasteiger partial charge in [0.2, 0.25) is 0 Å². The van der Waals surface area contributed by atoms with Gasteiger partial charge in [-0.1, -0.05) is 12.8 Å². The van der Waals surface area contributed by atoms with Crippen molar-refractivity contribution in [3.05, 3.63) is 0 Å². The molecule has 0 aromatic heterocycles. The van der Waals surface area contributed by atoms with Crippen LogP contribution in [0.3, 0.4) is 0 Å². The Kier molecular flexibility index (Phi) is 7.92. The van der Waals surface area contributed by atoms with E-state index in [0.717, 1.165) is 25.7 Å². The van der Waals surface area contributed by atoms with Crippen molar-refractivity contribution < 1.29 is 24.5 Å². The molecule has 1 aliphatic rings. The Bertz CT molecular complexity index is 299. The van der Waals surface area contributed by atoms with Gasteiger partial charge in [-0.25, -0.2) is 0 Å². The molecule has 2 unspecified atom stereocenters. The van der Waals surface area contributed by atoms with Gasteiger partial charge in [0.25, 0.3) is 0 Å². The van der Waals surface area contributed by atoms with Crippen LogP contribution in [-0.2, 0) is 14.3 Å². The number of carbonyl (C=O) groups is 2. The summed E-state index contributed by atoms with van der Waals surface area (Å²) >= 11 is 5.58. The number of halogens is 1. The molecule has 0 heterocycles. The van der Waals surface area contributed by atoms with Crippen LogP contribution in [0.5, 0.6) is 0 Å². The lowest BCUT2D eigenvalue weighted by Crippen LogP contribution is -2.35. The van der Waals surface area contributed by atoms with E-state index in [9.17, 15) is 9.59 Å². The summed E-state index contributed by atoms with van der Waals surface area (Å²) in [6.45, 7) is 0.561. The average molecular weight is 307 g/mol. The van der Waals surface area contributed by atoms with Crippen LogP contribution in [0.15, 0.2) is 0 Å². The van der Waals surface area contributed by atoms with E-state index in [0.29, 0.717) is 25.3 Å². The molecule has 1 saturated carbocycles. The van der Waals surface area contributed by atoms with Gasteiger partial charge in [-0.05, 0) is 32.1 Å². The molecule has 116 valence electrons. The van der Waals surface area contributed by atoms with Gasteiger partial charge in [0, 0.05) is 12.5 Å². The number of ether oxygens (including phenoxy) is 1. The fraction of sp³-hybridized carbons (Fsp3) is 0.857. The number of aliphatic carboxylic acids is 2. The average Bonchev–Trinajstić information content (AvgIpc) is 2.42. The fourth-order valence-corrected chi connectivity index (χ4v) is 2.80. The Morgan fingerprint density at radius 2 is 1.50 bits per heavy atom. The summed E-state index contributed by atoms with van der Waals surface area (Å²) in [4.78, 5) is 22.1. The molecule has 1 aliphatic carbocycles. The standard InChI is InChI=1S/C14H23ClO5/c15-5-3-1-2-4-6-20-12-8-10(13(16)17)7-11(9-12)14(18)19/h10-12H,1-9H2,(H,16,17)(H,18,19). The summed E-state index contributed by atoms with van der Waals surface area (Å²) in [5.74, 6) is -2.39. The number of hydrogen-bond donors (Lipinski definition) is 2. The zero-order valence-electron chi connectivity index (χ0n) is 11.6. The van der Waals surface area contributed by atoms with Crippen molar-refractivity contribution >= 4 is 23.5 Å². The summed E-state index contributed by atoms with van der Waals surface area (Å²) in [5, 5.41) is 18.1. The van der Waals surface area contributed by atoms with Gasteiger partial charge >= 0.3 is 11.9 Å². The van der Waals surface area contributed by atoms with Gasteiger partial charge in [0.05, 0.1) is 17.9 Å². The van der Waals surface area contributed by atoms with Crippen LogP contribution >= 0.6 is 11.6 Å². The first-order valence-electron chi connectivity index (χ1n) is 7.17. The molecule has 0 spiro atoms. The minimum Gasteiger partial charge on any atom is -0.481 e. The van der Waals surface area contributed by atoms with Crippen molar-refractivity contribution in [1.29, 1.82) is 0 Å². The zero-order chi connectivity index (χ0) is 15.0. The maximum absolute atomic E-state index is 11.1. The Balaban J connectivity index is 2.32. The normalized spacial score (nSPS) is 26.4. The number of hydrogen-bond acceptors (Lipinski definition) is 3. The molecule has 1 rings (SSSR count). The topological polar surface area (TPSA) is 83.8 Å². The number of carboxylic acid groups (broad SMARTS) is 2. The molecule has 1 fully saturated rings. The molecule has 0 aromatic carbocycles. The SMILES string of the molecule is O=C(O)C1CC(OCCCCCCCl)CC(C(=O)O)C1. The number of alkyl halides is 1. The van der Waals surface area contributed by atoms with E-state index in [2.05, 4.69) is 0 Å². The quantitative estimate of drug-likeness (QED) is 0.505. The van der Waals surface area contributed by atoms with Crippen molar-refractivity contribution in [2.45, 2.75) is 51.0 Å². The van der Waals surface area contributed by atoms with E-state index in [-0.39, 0.29) is 12.5 Å². The van der Waals surface area contributed by atoms with Gasteiger partial charge in [0.15, 0.2) is 0 Å². The van der Waals surface area contributed by atoms with Crippen molar-refractivity contribution in [2.75, 3.05) is 12.5 Å². The van der Waals surface area contributed by atoms with Gasteiger partial charge in [-0.15, -0.1) is 11.6 Å². The Labute approximate surface area is 124 Å². The molecule has 5 nitrogen and oxygen atoms in total. The summed E-state index contributed by atoms with van der Waals surface area (Å²) in [6, 6.07) is 0. The van der Waals surface area contributed by atoms with E-state index >= 15 is 0 Å². The summed E-state index contributed by atoms with van der Waals surface area (Å²) < 4.78 is 5.66. The van der Waals surface area contributed by atoms with Crippen LogP contribution in [0.1, 0.15) is 44.9 Å². The molecule has 0 saturated heterocycles. The van der Waals surface area contributed by atoms with Crippen molar-refractivity contribution in [1.82, 2.24) is 0 Å². The summed E-state index contributed by atoms with van der Waals surface area (Å²) in [6.07, 6.45) is 4.79. The second-order valence-corrected chi connectivity index (χ2v) is 5.75. The number of carboxylic acids is 2. The highest BCUT2D eigenvalue weighted by Gasteiger charge is 2.36. The first-order valence-corrected chi connectivity index (χ1v) is 7.71. The second kappa shape index (κ2) is 9.19. The highest BCUT2D eigenvalue weighted by molar-refractivity contribution is 6.17. The molecule has 0 radical (unpaired) electrons. The van der Waals surface area contributed by atoms with Gasteiger partial charge in [-0.3, -0.25) is 9.59 Å². The lowest BCUT2D eigenvalue weighted by molar-refractivity contribution is -0.152. The molecular weight excluding hydrogens is 284 g/mol. The molecule has 0 bridgehead atoms. The second-order valence-electron chi connectivity index (χ2n) is 5.37. The van der Waals surface area contributed by atoms with Crippen molar-refractivity contribution in [2.24, 2.45) is 11.8 Å².